The fraction of sp³-hybridized carbons (Fsp3) is 0.410. The number of rotatable bonds is 12. The molecule has 1 heterocycles. The van der Waals surface area contributed by atoms with E-state index in [0.717, 1.165) is 75.0 Å². The van der Waals surface area contributed by atoms with E-state index >= 15 is 0 Å². The third-order valence-electron chi connectivity index (χ3n) is 6.56. The van der Waals surface area contributed by atoms with E-state index < -0.39 is 0 Å². The largest absolute Gasteiger partial charge is 1.00 e. The van der Waals surface area contributed by atoms with Gasteiger partial charge < -0.3 is 24.7 Å². The van der Waals surface area contributed by atoms with E-state index in [9.17, 15) is 9.59 Å². The minimum absolute atomic E-state index is 0. The molecule has 0 spiro atoms. The number of hydrogen-bond acceptors (Lipinski definition) is 6. The molecule has 0 unspecified atom stereocenters. The van der Waals surface area contributed by atoms with Gasteiger partial charge in [0.1, 0.15) is 17.8 Å². The van der Waals surface area contributed by atoms with Gasteiger partial charge in [0.15, 0.2) is 5.91 Å². The first kappa shape index (κ1) is 45.9. The number of aldehydes is 1. The van der Waals surface area contributed by atoms with Crippen LogP contribution in [0.2, 0.25) is 0 Å². The van der Waals surface area contributed by atoms with Crippen LogP contribution in [0.25, 0.3) is 6.08 Å². The zero-order valence-electron chi connectivity index (χ0n) is 30.3. The molecule has 2 aromatic carbocycles. The minimum atomic E-state index is -0.170. The van der Waals surface area contributed by atoms with Crippen molar-refractivity contribution in [3.8, 4) is 11.5 Å². The summed E-state index contributed by atoms with van der Waals surface area (Å²) in [6.07, 6.45) is 17.8. The summed E-state index contributed by atoms with van der Waals surface area (Å²) in [6.45, 7) is 16.8. The van der Waals surface area contributed by atoms with E-state index in [1.54, 1.807) is 31.3 Å². The van der Waals surface area contributed by atoms with Crippen LogP contribution in [0.3, 0.4) is 0 Å². The van der Waals surface area contributed by atoms with Crippen molar-refractivity contribution in [1.29, 1.82) is 5.41 Å². The molecule has 1 fully saturated rings. The quantitative estimate of drug-likeness (QED) is 0.0890. The minimum Gasteiger partial charge on any atom is -0.503 e. The number of piperazine rings is 1. The zero-order valence-corrected chi connectivity index (χ0v) is 32.3. The van der Waals surface area contributed by atoms with Crippen molar-refractivity contribution in [3.63, 3.8) is 0 Å². The second-order valence-corrected chi connectivity index (χ2v) is 10.2. The molecular weight excluding hydrogens is 597 g/mol. The first-order valence-electron chi connectivity index (χ1n) is 16.0. The topological polar surface area (TPSA) is 82.9 Å². The van der Waals surface area contributed by atoms with Gasteiger partial charge in [0.25, 0.3) is 0 Å². The molecule has 2 aromatic rings. The molecule has 47 heavy (non-hydrogen) atoms. The van der Waals surface area contributed by atoms with E-state index in [-0.39, 0.29) is 41.2 Å². The van der Waals surface area contributed by atoms with Crippen LogP contribution in [0, 0.1) is 17.6 Å². The first-order chi connectivity index (χ1) is 22.2. The number of methoxy groups -OCH3 is 2. The fourth-order valence-electron chi connectivity index (χ4n) is 4.09. The molecule has 8 heteroatoms. The van der Waals surface area contributed by atoms with Gasteiger partial charge in [0.05, 0.1) is 14.2 Å². The van der Waals surface area contributed by atoms with Crippen LogP contribution in [-0.4, -0.2) is 75.2 Å². The van der Waals surface area contributed by atoms with E-state index in [0.29, 0.717) is 5.75 Å². The van der Waals surface area contributed by atoms with E-state index in [2.05, 4.69) is 42.7 Å². The molecule has 1 amide bonds. The number of nitrogens with one attached hydrogen (secondary N) is 1. The first-order valence-corrected chi connectivity index (χ1v) is 16.0. The van der Waals surface area contributed by atoms with Gasteiger partial charge in [-0.05, 0) is 48.9 Å². The number of allylic oxidation sites excluding steroid dienone is 4. The van der Waals surface area contributed by atoms with Crippen molar-refractivity contribution in [3.05, 3.63) is 102 Å². The maximum absolute atomic E-state index is 11.8. The fourth-order valence-corrected chi connectivity index (χ4v) is 4.09. The van der Waals surface area contributed by atoms with Crippen molar-refractivity contribution in [2.75, 3.05) is 47.4 Å². The molecule has 1 N–H and O–H groups in total. The summed E-state index contributed by atoms with van der Waals surface area (Å²) in [5.74, 6) is 1.25. The number of amides is 1. The standard InChI is InChI=1S/C13H16O.C12H20N3O.C12H13O2.C2H6.Na/c1-3-6-12-7-4-5-8-13(12)9-11(2)10-14;1-3-4-5-6-11(13)12(16)15-9-7-14(2)8-10-15;1-4-5-6-10-7-8-11(13-2)12(9-10)14-3;1-2;/h4-5,7-10H,3,6H2,1-2H3;6,13H,3-4,7-10H2,1-2H3;4-5,7-9H,1H2,2-3H3;1-2H3;/q;2*-1;;+1/b11-9+;;;;. The maximum atomic E-state index is 11.8. The predicted molar refractivity (Wildman–Crippen MR) is 193 cm³/mol. The van der Waals surface area contributed by atoms with Gasteiger partial charge in [-0.3, -0.25) is 15.7 Å². The molecule has 1 saturated heterocycles. The normalized spacial score (nSPS) is 12.7. The number of carbonyl (C=O) groups is 2. The summed E-state index contributed by atoms with van der Waals surface area (Å²) >= 11 is 0. The van der Waals surface area contributed by atoms with Crippen LogP contribution in [0.1, 0.15) is 70.6 Å². The van der Waals surface area contributed by atoms with E-state index in [1.165, 1.54) is 17.2 Å². The Hall–Kier alpha value is -3.23. The Balaban J connectivity index is 0. The maximum Gasteiger partial charge on any atom is 1.00 e. The molecule has 0 aliphatic carbocycles. The average Bonchev–Trinajstić information content (AvgIpc) is 3.09. The number of likely N-dealkylation sites (N-methyl/N-ethyl adjacent to an activating group) is 1. The molecule has 7 nitrogen and oxygen atoms in total. The second kappa shape index (κ2) is 29.0. The molecule has 3 rings (SSSR count). The number of nitrogens with zero attached hydrogens (tertiary/aromatic N) is 2. The molecule has 0 aromatic heterocycles. The number of aryl methyl sites for hydroxylation is 1. The number of benzene rings is 2. The Morgan fingerprint density at radius 1 is 1.00 bits per heavy atom. The molecule has 1 aliphatic heterocycles. The van der Waals surface area contributed by atoms with Crippen LogP contribution in [0.15, 0.2) is 72.8 Å². The Morgan fingerprint density at radius 2 is 1.64 bits per heavy atom. The van der Waals surface area contributed by atoms with Crippen molar-refractivity contribution >= 4 is 24.0 Å². The Labute approximate surface area is 307 Å². The summed E-state index contributed by atoms with van der Waals surface area (Å²) in [4.78, 5) is 26.3. The SMILES string of the molecule is C=CC=[C-]c1ccc(OC)c(OC)c1.CC.CCC[C-]=CC(=N)C(=O)N1CCN(C)CC1.CCCc1ccccc1/C=C(\C)C=O.[Na+]. The van der Waals surface area contributed by atoms with Crippen molar-refractivity contribution in [1.82, 2.24) is 9.80 Å². The second-order valence-electron chi connectivity index (χ2n) is 10.2. The summed E-state index contributed by atoms with van der Waals surface area (Å²) < 4.78 is 10.3. The molecule has 0 atom stereocenters. The molecule has 1 aliphatic rings. The van der Waals surface area contributed by atoms with Gasteiger partial charge in [-0.25, -0.2) is 6.08 Å². The average molecular weight is 653 g/mol. The number of hydrogen-bond donors (Lipinski definition) is 1. The molecule has 0 bridgehead atoms. The van der Waals surface area contributed by atoms with Gasteiger partial charge in [-0.15, -0.1) is 42.9 Å². The Morgan fingerprint density at radius 3 is 2.19 bits per heavy atom. The Bertz CT molecular complexity index is 1280. The van der Waals surface area contributed by atoms with E-state index in [1.807, 2.05) is 71.2 Å². The third kappa shape index (κ3) is 19.3. The van der Waals surface area contributed by atoms with Gasteiger partial charge in [0, 0.05) is 26.2 Å². The smallest absolute Gasteiger partial charge is 0.503 e. The van der Waals surface area contributed by atoms with Gasteiger partial charge in [-0.1, -0.05) is 76.9 Å². The van der Waals surface area contributed by atoms with Gasteiger partial charge in [-0.2, -0.15) is 0 Å². The molecule has 0 radical (unpaired) electrons. The summed E-state index contributed by atoms with van der Waals surface area (Å²) in [5.41, 5.74) is 4.24. The molecule has 252 valence electrons. The van der Waals surface area contributed by atoms with Crippen LogP contribution >= 0.6 is 0 Å². The van der Waals surface area contributed by atoms with Crippen LogP contribution in [0.5, 0.6) is 11.5 Å². The van der Waals surface area contributed by atoms with Crippen molar-refractivity contribution < 1.29 is 48.6 Å². The number of carbonyl (C=O) groups excluding carboxylic acids is 2. The van der Waals surface area contributed by atoms with Crippen LogP contribution in [-0.2, 0) is 16.0 Å². The van der Waals surface area contributed by atoms with Crippen molar-refractivity contribution in [2.45, 2.75) is 60.3 Å². The van der Waals surface area contributed by atoms with Crippen LogP contribution < -0.4 is 39.0 Å². The van der Waals surface area contributed by atoms with E-state index in [4.69, 9.17) is 14.9 Å². The predicted octanol–water partition coefficient (Wildman–Crippen LogP) is 4.81. The number of ether oxygens (including phenoxy) is 2. The summed E-state index contributed by atoms with van der Waals surface area (Å²) in [6, 6.07) is 13.8. The summed E-state index contributed by atoms with van der Waals surface area (Å²) in [7, 11) is 5.27. The van der Waals surface area contributed by atoms with Gasteiger partial charge in [0.2, 0.25) is 0 Å². The molecular formula is C39H55N3NaO4-. The Kier molecular flexibility index (Phi) is 28.3. The summed E-state index contributed by atoms with van der Waals surface area (Å²) in [5, 5.41) is 7.64. The third-order valence-corrected chi connectivity index (χ3v) is 6.56. The van der Waals surface area contributed by atoms with Crippen LogP contribution in [0.4, 0.5) is 0 Å². The van der Waals surface area contributed by atoms with Gasteiger partial charge >= 0.3 is 29.6 Å². The van der Waals surface area contributed by atoms with Crippen molar-refractivity contribution in [2.24, 2.45) is 0 Å². The zero-order chi connectivity index (χ0) is 34.7. The molecule has 0 saturated carbocycles. The number of unbranched alkanes of at least 4 members (excludes halogenated alkanes) is 1. The monoisotopic (exact) mass is 652 g/mol.